The van der Waals surface area contributed by atoms with E-state index < -0.39 is 0 Å². The van der Waals surface area contributed by atoms with E-state index in [9.17, 15) is 4.79 Å². The quantitative estimate of drug-likeness (QED) is 0.727. The average molecular weight is 297 g/mol. The summed E-state index contributed by atoms with van der Waals surface area (Å²) in [6.45, 7) is 0.424. The maximum Gasteiger partial charge on any atom is 0.264 e. The molecule has 1 aliphatic rings. The highest BCUT2D eigenvalue weighted by molar-refractivity contribution is 5.73. The predicted molar refractivity (Wildman–Crippen MR) is 80.0 cm³/mol. The molecule has 3 aromatic heterocycles. The molecule has 0 N–H and O–H groups in total. The Bertz CT molecular complexity index is 877. The Labute approximate surface area is 126 Å². The van der Waals surface area contributed by atoms with Crippen molar-refractivity contribution < 1.29 is 4.74 Å². The molecule has 0 saturated heterocycles. The van der Waals surface area contributed by atoms with E-state index >= 15 is 0 Å². The standard InChI is InChI=1S/C15H15N5O2/c1-22-13-5-2-10(6-16-13)8-19-9-17-14-12(15(19)21)7-18-20(14)11-3-4-11/h2,5-7,9,11H,3-4,8H2,1H3. The van der Waals surface area contributed by atoms with Crippen molar-refractivity contribution in [2.75, 3.05) is 7.11 Å². The van der Waals surface area contributed by atoms with Crippen LogP contribution in [0.25, 0.3) is 11.0 Å². The van der Waals surface area contributed by atoms with E-state index in [1.54, 1.807) is 36.5 Å². The van der Waals surface area contributed by atoms with Crippen LogP contribution in [0.2, 0.25) is 0 Å². The fourth-order valence-electron chi connectivity index (χ4n) is 2.49. The highest BCUT2D eigenvalue weighted by Crippen LogP contribution is 2.35. The molecule has 0 aromatic carbocycles. The summed E-state index contributed by atoms with van der Waals surface area (Å²) in [7, 11) is 1.57. The van der Waals surface area contributed by atoms with Crippen molar-refractivity contribution in [3.8, 4) is 5.88 Å². The predicted octanol–water partition coefficient (Wildman–Crippen LogP) is 1.38. The van der Waals surface area contributed by atoms with Crippen LogP contribution in [0.15, 0.2) is 35.6 Å². The molecule has 3 heterocycles. The smallest absolute Gasteiger partial charge is 0.264 e. The molecular formula is C15H15N5O2. The van der Waals surface area contributed by atoms with Crippen molar-refractivity contribution in [3.63, 3.8) is 0 Å². The second-order valence-corrected chi connectivity index (χ2v) is 5.44. The van der Waals surface area contributed by atoms with Crippen LogP contribution in [0.4, 0.5) is 0 Å². The number of fused-ring (bicyclic) bond motifs is 1. The molecule has 0 aliphatic heterocycles. The summed E-state index contributed by atoms with van der Waals surface area (Å²) in [6.07, 6.45) is 7.11. The van der Waals surface area contributed by atoms with Crippen LogP contribution in [0.3, 0.4) is 0 Å². The third kappa shape index (κ3) is 2.14. The van der Waals surface area contributed by atoms with E-state index in [0.717, 1.165) is 18.4 Å². The van der Waals surface area contributed by atoms with Gasteiger partial charge in [-0.2, -0.15) is 5.10 Å². The Morgan fingerprint density at radius 1 is 1.27 bits per heavy atom. The van der Waals surface area contributed by atoms with Gasteiger partial charge in [0.1, 0.15) is 11.7 Å². The minimum absolute atomic E-state index is 0.0762. The summed E-state index contributed by atoms with van der Waals surface area (Å²) >= 11 is 0. The fraction of sp³-hybridized carbons (Fsp3) is 0.333. The number of pyridine rings is 1. The SMILES string of the molecule is COc1ccc(Cn2cnc3c(cnn3C3CC3)c2=O)cn1. The molecule has 0 atom stereocenters. The highest BCUT2D eigenvalue weighted by atomic mass is 16.5. The third-order valence-electron chi connectivity index (χ3n) is 3.83. The Morgan fingerprint density at radius 3 is 2.82 bits per heavy atom. The summed E-state index contributed by atoms with van der Waals surface area (Å²) in [5.41, 5.74) is 1.52. The average Bonchev–Trinajstić information content (AvgIpc) is 3.30. The van der Waals surface area contributed by atoms with Crippen molar-refractivity contribution in [1.82, 2.24) is 24.3 Å². The molecule has 7 nitrogen and oxygen atoms in total. The molecule has 7 heteroatoms. The Kier molecular flexibility index (Phi) is 2.92. The Hall–Kier alpha value is -2.70. The van der Waals surface area contributed by atoms with Crippen LogP contribution >= 0.6 is 0 Å². The number of rotatable bonds is 4. The molecule has 22 heavy (non-hydrogen) atoms. The third-order valence-corrected chi connectivity index (χ3v) is 3.83. The minimum Gasteiger partial charge on any atom is -0.481 e. The molecule has 1 fully saturated rings. The summed E-state index contributed by atoms with van der Waals surface area (Å²) in [5.74, 6) is 0.551. The Balaban J connectivity index is 1.69. The van der Waals surface area contributed by atoms with E-state index in [-0.39, 0.29) is 5.56 Å². The molecule has 3 aromatic rings. The minimum atomic E-state index is -0.0762. The Morgan fingerprint density at radius 2 is 2.14 bits per heavy atom. The molecule has 0 spiro atoms. The number of methoxy groups -OCH3 is 1. The number of ether oxygens (including phenoxy) is 1. The van der Waals surface area contributed by atoms with Crippen LogP contribution in [0.5, 0.6) is 5.88 Å². The zero-order valence-corrected chi connectivity index (χ0v) is 12.1. The van der Waals surface area contributed by atoms with Gasteiger partial charge in [0, 0.05) is 12.3 Å². The molecule has 0 unspecified atom stereocenters. The molecule has 0 amide bonds. The maximum absolute atomic E-state index is 12.5. The zero-order chi connectivity index (χ0) is 15.1. The van der Waals surface area contributed by atoms with Crippen molar-refractivity contribution in [2.45, 2.75) is 25.4 Å². The fourth-order valence-corrected chi connectivity index (χ4v) is 2.49. The summed E-state index contributed by atoms with van der Waals surface area (Å²) in [4.78, 5) is 21.1. The van der Waals surface area contributed by atoms with Crippen molar-refractivity contribution in [1.29, 1.82) is 0 Å². The van der Waals surface area contributed by atoms with E-state index in [1.165, 1.54) is 0 Å². The van der Waals surface area contributed by atoms with Gasteiger partial charge in [-0.15, -0.1) is 0 Å². The van der Waals surface area contributed by atoms with Gasteiger partial charge in [0.05, 0.1) is 25.9 Å². The van der Waals surface area contributed by atoms with Gasteiger partial charge in [-0.25, -0.2) is 14.6 Å². The van der Waals surface area contributed by atoms with E-state index in [1.807, 2.05) is 10.7 Å². The normalized spacial score (nSPS) is 14.4. The van der Waals surface area contributed by atoms with Crippen LogP contribution in [-0.2, 0) is 6.54 Å². The van der Waals surface area contributed by atoms with Crippen molar-refractivity contribution in [3.05, 3.63) is 46.8 Å². The van der Waals surface area contributed by atoms with Crippen molar-refractivity contribution in [2.24, 2.45) is 0 Å². The number of nitrogens with zero attached hydrogens (tertiary/aromatic N) is 5. The number of hydrogen-bond donors (Lipinski definition) is 0. The lowest BCUT2D eigenvalue weighted by Crippen LogP contribution is -2.21. The molecule has 1 saturated carbocycles. The molecule has 112 valence electrons. The van der Waals surface area contributed by atoms with Gasteiger partial charge in [-0.05, 0) is 18.4 Å². The second-order valence-electron chi connectivity index (χ2n) is 5.44. The second kappa shape index (κ2) is 4.94. The zero-order valence-electron chi connectivity index (χ0n) is 12.1. The molecular weight excluding hydrogens is 282 g/mol. The maximum atomic E-state index is 12.5. The first kappa shape index (κ1) is 13.0. The summed E-state index contributed by atoms with van der Waals surface area (Å²) in [6, 6.07) is 4.07. The van der Waals surface area contributed by atoms with Crippen LogP contribution < -0.4 is 10.3 Å². The lowest BCUT2D eigenvalue weighted by molar-refractivity contribution is 0.397. The summed E-state index contributed by atoms with van der Waals surface area (Å²) in [5, 5.41) is 4.87. The molecule has 0 bridgehead atoms. The molecule has 0 radical (unpaired) electrons. The van der Waals surface area contributed by atoms with Gasteiger partial charge < -0.3 is 4.74 Å². The van der Waals surface area contributed by atoms with Gasteiger partial charge in [0.2, 0.25) is 5.88 Å². The topological polar surface area (TPSA) is 74.8 Å². The van der Waals surface area contributed by atoms with Gasteiger partial charge in [-0.3, -0.25) is 9.36 Å². The van der Waals surface area contributed by atoms with E-state index in [0.29, 0.717) is 29.5 Å². The largest absolute Gasteiger partial charge is 0.481 e. The monoisotopic (exact) mass is 297 g/mol. The molecule has 4 rings (SSSR count). The van der Waals surface area contributed by atoms with Crippen LogP contribution in [0, 0.1) is 0 Å². The van der Waals surface area contributed by atoms with Gasteiger partial charge in [0.25, 0.3) is 5.56 Å². The van der Waals surface area contributed by atoms with E-state index in [4.69, 9.17) is 4.74 Å². The lowest BCUT2D eigenvalue weighted by Gasteiger charge is -2.06. The number of hydrogen-bond acceptors (Lipinski definition) is 5. The van der Waals surface area contributed by atoms with Gasteiger partial charge >= 0.3 is 0 Å². The first-order valence-corrected chi connectivity index (χ1v) is 7.18. The number of aromatic nitrogens is 5. The lowest BCUT2D eigenvalue weighted by atomic mass is 10.3. The van der Waals surface area contributed by atoms with Gasteiger partial charge in [-0.1, -0.05) is 6.07 Å². The summed E-state index contributed by atoms with van der Waals surface area (Å²) < 4.78 is 8.46. The van der Waals surface area contributed by atoms with E-state index in [2.05, 4.69) is 15.1 Å². The first-order valence-electron chi connectivity index (χ1n) is 7.18. The molecule has 1 aliphatic carbocycles. The van der Waals surface area contributed by atoms with Crippen LogP contribution in [0.1, 0.15) is 24.4 Å². The van der Waals surface area contributed by atoms with Gasteiger partial charge in [0.15, 0.2) is 5.65 Å². The van der Waals surface area contributed by atoms with Crippen molar-refractivity contribution >= 4 is 11.0 Å². The van der Waals surface area contributed by atoms with Crippen LogP contribution in [-0.4, -0.2) is 31.4 Å². The highest BCUT2D eigenvalue weighted by Gasteiger charge is 2.27. The first-order chi connectivity index (χ1) is 10.8.